The van der Waals surface area contributed by atoms with Crippen LogP contribution in [0.25, 0.3) is 10.8 Å². The second kappa shape index (κ2) is 7.73. The van der Waals surface area contributed by atoms with E-state index >= 15 is 0 Å². The number of hydrogen-bond donors (Lipinski definition) is 0. The molecule has 0 aromatic heterocycles. The van der Waals surface area contributed by atoms with Crippen LogP contribution >= 0.6 is 23.4 Å². The fourth-order valence-electron chi connectivity index (χ4n) is 3.54. The second-order valence-electron chi connectivity index (χ2n) is 6.49. The zero-order valence-electron chi connectivity index (χ0n) is 14.4. The normalized spacial score (nSPS) is 17.9. The first-order chi connectivity index (χ1) is 12.7. The highest BCUT2D eigenvalue weighted by molar-refractivity contribution is 7.99. The topological polar surface area (TPSA) is 20.3 Å². The molecule has 4 rings (SSSR count). The van der Waals surface area contributed by atoms with E-state index in [1.165, 1.54) is 5.56 Å². The van der Waals surface area contributed by atoms with Gasteiger partial charge >= 0.3 is 0 Å². The Morgan fingerprint density at radius 1 is 0.962 bits per heavy atom. The van der Waals surface area contributed by atoms with Gasteiger partial charge in [0.05, 0.1) is 0 Å². The van der Waals surface area contributed by atoms with Gasteiger partial charge in [-0.2, -0.15) is 11.8 Å². The van der Waals surface area contributed by atoms with Gasteiger partial charge in [-0.3, -0.25) is 4.79 Å². The van der Waals surface area contributed by atoms with Gasteiger partial charge in [0.2, 0.25) is 0 Å². The lowest BCUT2D eigenvalue weighted by Gasteiger charge is -2.21. The fourth-order valence-corrected chi connectivity index (χ4v) is 5.14. The van der Waals surface area contributed by atoms with E-state index in [0.29, 0.717) is 5.25 Å². The first kappa shape index (κ1) is 17.4. The van der Waals surface area contributed by atoms with Crippen LogP contribution in [0.1, 0.15) is 27.6 Å². The number of fused-ring (bicyclic) bond motifs is 1. The van der Waals surface area contributed by atoms with Gasteiger partial charge in [0.25, 0.3) is 5.91 Å². The molecule has 0 saturated carbocycles. The highest BCUT2D eigenvalue weighted by atomic mass is 35.5. The minimum absolute atomic E-state index is 0.127. The molecule has 132 valence electrons. The molecule has 4 heteroatoms. The molecule has 0 unspecified atom stereocenters. The average molecular weight is 382 g/mol. The molecule has 1 atom stereocenters. The molecule has 0 N–H and O–H groups in total. The number of amides is 1. The van der Waals surface area contributed by atoms with E-state index in [0.717, 1.165) is 46.6 Å². The molecule has 3 aromatic rings. The van der Waals surface area contributed by atoms with Crippen LogP contribution in [0.4, 0.5) is 0 Å². The van der Waals surface area contributed by atoms with Crippen LogP contribution in [0.5, 0.6) is 0 Å². The van der Waals surface area contributed by atoms with Crippen molar-refractivity contribution in [2.45, 2.75) is 11.7 Å². The summed E-state index contributed by atoms with van der Waals surface area (Å²) < 4.78 is 0. The third kappa shape index (κ3) is 3.46. The van der Waals surface area contributed by atoms with Crippen LogP contribution in [0, 0.1) is 0 Å². The Morgan fingerprint density at radius 2 is 1.73 bits per heavy atom. The number of hydrogen-bond acceptors (Lipinski definition) is 2. The second-order valence-corrected chi connectivity index (χ2v) is 8.21. The van der Waals surface area contributed by atoms with Crippen molar-refractivity contribution in [3.63, 3.8) is 0 Å². The van der Waals surface area contributed by atoms with E-state index < -0.39 is 0 Å². The molecule has 0 bridgehead atoms. The van der Waals surface area contributed by atoms with E-state index in [4.69, 9.17) is 11.6 Å². The van der Waals surface area contributed by atoms with Gasteiger partial charge in [-0.15, -0.1) is 0 Å². The minimum Gasteiger partial charge on any atom is -0.338 e. The molecular formula is C22H20ClNOS. The maximum Gasteiger partial charge on any atom is 0.254 e. The summed E-state index contributed by atoms with van der Waals surface area (Å²) in [6, 6.07) is 22.1. The van der Waals surface area contributed by atoms with Gasteiger partial charge < -0.3 is 4.90 Å². The lowest BCUT2D eigenvalue weighted by Crippen LogP contribution is -2.33. The van der Waals surface area contributed by atoms with E-state index in [-0.39, 0.29) is 5.91 Å². The predicted octanol–water partition coefficient (Wildman–Crippen LogP) is 5.81. The minimum atomic E-state index is 0.127. The fraction of sp³-hybridized carbons (Fsp3) is 0.227. The van der Waals surface area contributed by atoms with Crippen molar-refractivity contribution >= 4 is 40.0 Å². The number of carbonyl (C=O) groups excluding carboxylic acids is 1. The van der Waals surface area contributed by atoms with E-state index in [9.17, 15) is 4.79 Å². The smallest absolute Gasteiger partial charge is 0.254 e. The standard InChI is InChI=1S/C22H20ClNOS/c23-20-11-4-3-9-19(20)21-12-13-24(14-15-26-21)22(25)18-10-5-7-16-6-1-2-8-17(16)18/h1-11,21H,12-15H2/t21-/m0/s1. The van der Waals surface area contributed by atoms with Gasteiger partial charge in [-0.05, 0) is 34.9 Å². The van der Waals surface area contributed by atoms with Gasteiger partial charge in [0.1, 0.15) is 0 Å². The van der Waals surface area contributed by atoms with Crippen LogP contribution in [-0.2, 0) is 0 Å². The van der Waals surface area contributed by atoms with Crippen LogP contribution in [0.3, 0.4) is 0 Å². The Bertz CT molecular complexity index is 937. The summed E-state index contributed by atoms with van der Waals surface area (Å²) in [4.78, 5) is 15.2. The summed E-state index contributed by atoms with van der Waals surface area (Å²) in [6.45, 7) is 1.53. The molecule has 3 aromatic carbocycles. The maximum atomic E-state index is 13.2. The molecule has 26 heavy (non-hydrogen) atoms. The number of rotatable bonds is 2. The number of halogens is 1. The lowest BCUT2D eigenvalue weighted by atomic mass is 10.0. The lowest BCUT2D eigenvalue weighted by molar-refractivity contribution is 0.0768. The molecule has 0 aliphatic carbocycles. The maximum absolute atomic E-state index is 13.2. The zero-order chi connectivity index (χ0) is 17.9. The Morgan fingerprint density at radius 3 is 2.62 bits per heavy atom. The van der Waals surface area contributed by atoms with Gasteiger partial charge in [-0.1, -0.05) is 66.2 Å². The van der Waals surface area contributed by atoms with Crippen LogP contribution < -0.4 is 0 Å². The molecular weight excluding hydrogens is 362 g/mol. The van der Waals surface area contributed by atoms with Crippen molar-refractivity contribution in [1.82, 2.24) is 4.90 Å². The third-order valence-corrected chi connectivity index (χ3v) is 6.56. The van der Waals surface area contributed by atoms with E-state index in [1.807, 2.05) is 65.2 Å². The van der Waals surface area contributed by atoms with Crippen molar-refractivity contribution < 1.29 is 4.79 Å². The molecule has 1 aliphatic rings. The summed E-state index contributed by atoms with van der Waals surface area (Å²) in [6.07, 6.45) is 0.922. The van der Waals surface area contributed by atoms with Crippen LogP contribution in [0.15, 0.2) is 66.7 Å². The average Bonchev–Trinajstić information content (AvgIpc) is 2.93. The SMILES string of the molecule is O=C(c1cccc2ccccc12)N1CCS[C@H](c2ccccc2Cl)CC1. The molecule has 2 nitrogen and oxygen atoms in total. The number of nitrogens with zero attached hydrogens (tertiary/aromatic N) is 1. The highest BCUT2D eigenvalue weighted by Gasteiger charge is 2.24. The zero-order valence-corrected chi connectivity index (χ0v) is 16.0. The predicted molar refractivity (Wildman–Crippen MR) is 111 cm³/mol. The number of benzene rings is 3. The van der Waals surface area contributed by atoms with Crippen molar-refractivity contribution in [2.24, 2.45) is 0 Å². The van der Waals surface area contributed by atoms with E-state index in [1.54, 1.807) is 0 Å². The Hall–Kier alpha value is -1.97. The molecule has 1 heterocycles. The summed E-state index contributed by atoms with van der Waals surface area (Å²) in [5.74, 6) is 1.05. The van der Waals surface area contributed by atoms with Crippen molar-refractivity contribution in [1.29, 1.82) is 0 Å². The van der Waals surface area contributed by atoms with Gasteiger partial charge in [0.15, 0.2) is 0 Å². The number of carbonyl (C=O) groups is 1. The molecule has 0 spiro atoms. The molecule has 1 amide bonds. The van der Waals surface area contributed by atoms with Gasteiger partial charge in [-0.25, -0.2) is 0 Å². The summed E-state index contributed by atoms with van der Waals surface area (Å²) >= 11 is 8.27. The Kier molecular flexibility index (Phi) is 5.18. The van der Waals surface area contributed by atoms with Crippen molar-refractivity contribution in [3.05, 3.63) is 82.9 Å². The number of thioether (sulfide) groups is 1. The Balaban J connectivity index is 1.55. The first-order valence-electron chi connectivity index (χ1n) is 8.87. The monoisotopic (exact) mass is 381 g/mol. The Labute approximate surface area is 163 Å². The molecule has 1 saturated heterocycles. The third-order valence-electron chi connectivity index (χ3n) is 4.90. The quantitative estimate of drug-likeness (QED) is 0.558. The van der Waals surface area contributed by atoms with E-state index in [2.05, 4.69) is 18.2 Å². The largest absolute Gasteiger partial charge is 0.338 e. The van der Waals surface area contributed by atoms with Crippen LogP contribution in [-0.4, -0.2) is 29.6 Å². The van der Waals surface area contributed by atoms with Crippen LogP contribution in [0.2, 0.25) is 5.02 Å². The van der Waals surface area contributed by atoms with Crippen molar-refractivity contribution in [3.8, 4) is 0 Å². The molecule has 1 aliphatic heterocycles. The van der Waals surface area contributed by atoms with Crippen molar-refractivity contribution in [2.75, 3.05) is 18.8 Å². The highest BCUT2D eigenvalue weighted by Crippen LogP contribution is 2.38. The molecule has 0 radical (unpaired) electrons. The summed E-state index contributed by atoms with van der Waals surface area (Å²) in [5.41, 5.74) is 1.97. The summed E-state index contributed by atoms with van der Waals surface area (Å²) in [7, 11) is 0. The van der Waals surface area contributed by atoms with Gasteiger partial charge in [0, 0.05) is 34.7 Å². The first-order valence-corrected chi connectivity index (χ1v) is 10.3. The summed E-state index contributed by atoms with van der Waals surface area (Å²) in [5, 5.41) is 3.30. The molecule has 1 fully saturated rings.